The number of rotatable bonds is 4. The Bertz CT molecular complexity index is 682. The highest BCUT2D eigenvalue weighted by atomic mass is 32.1. The molecule has 0 fully saturated rings. The predicted molar refractivity (Wildman–Crippen MR) is 88.7 cm³/mol. The lowest BCUT2D eigenvalue weighted by atomic mass is 10.2. The first-order valence-electron chi connectivity index (χ1n) is 7.13. The summed E-state index contributed by atoms with van der Waals surface area (Å²) in [7, 11) is 1.77. The maximum Gasteiger partial charge on any atom is 0.231 e. The summed E-state index contributed by atoms with van der Waals surface area (Å²) >= 11 is 1.79. The number of hydrogen-bond acceptors (Lipinski definition) is 4. The Morgan fingerprint density at radius 3 is 2.73 bits per heavy atom. The van der Waals surface area contributed by atoms with E-state index >= 15 is 0 Å². The molecule has 0 aliphatic carbocycles. The van der Waals surface area contributed by atoms with Crippen molar-refractivity contribution in [3.8, 4) is 11.5 Å². The van der Waals surface area contributed by atoms with Crippen molar-refractivity contribution >= 4 is 17.3 Å². The number of thiophene rings is 1. The zero-order valence-corrected chi connectivity index (χ0v) is 13.5. The van der Waals surface area contributed by atoms with Gasteiger partial charge in [0.25, 0.3) is 0 Å². The van der Waals surface area contributed by atoms with Crippen LogP contribution in [0.5, 0.6) is 11.5 Å². The number of benzene rings is 1. The summed E-state index contributed by atoms with van der Waals surface area (Å²) in [6.45, 7) is 3.87. The van der Waals surface area contributed by atoms with E-state index in [1.165, 1.54) is 9.75 Å². The van der Waals surface area contributed by atoms with Gasteiger partial charge in [-0.1, -0.05) is 6.07 Å². The molecule has 0 amide bonds. The van der Waals surface area contributed by atoms with Gasteiger partial charge in [0.2, 0.25) is 6.79 Å². The average molecular weight is 317 g/mol. The topological polar surface area (TPSA) is 54.9 Å². The molecule has 0 saturated carbocycles. The molecule has 1 aromatic heterocycles. The third-order valence-electron chi connectivity index (χ3n) is 3.35. The fourth-order valence-electron chi connectivity index (χ4n) is 2.21. The lowest BCUT2D eigenvalue weighted by Crippen LogP contribution is -2.36. The molecule has 0 bridgehead atoms. The number of ether oxygens (including phenoxy) is 2. The summed E-state index contributed by atoms with van der Waals surface area (Å²) in [4.78, 5) is 6.86. The Hall–Kier alpha value is -2.21. The molecule has 0 radical (unpaired) electrons. The van der Waals surface area contributed by atoms with Crippen molar-refractivity contribution in [2.24, 2.45) is 4.99 Å². The van der Waals surface area contributed by atoms with Crippen LogP contribution in [0.25, 0.3) is 0 Å². The third kappa shape index (κ3) is 3.51. The van der Waals surface area contributed by atoms with E-state index in [0.717, 1.165) is 29.6 Å². The molecule has 0 atom stereocenters. The fraction of sp³-hybridized carbons (Fsp3) is 0.312. The Morgan fingerprint density at radius 2 is 1.95 bits per heavy atom. The smallest absolute Gasteiger partial charge is 0.231 e. The van der Waals surface area contributed by atoms with Crippen LogP contribution in [-0.4, -0.2) is 19.8 Å². The molecule has 3 rings (SSSR count). The van der Waals surface area contributed by atoms with Gasteiger partial charge in [0, 0.05) is 23.3 Å². The quantitative estimate of drug-likeness (QED) is 0.672. The van der Waals surface area contributed by atoms with E-state index in [4.69, 9.17) is 9.47 Å². The second-order valence-electron chi connectivity index (χ2n) is 4.98. The first-order chi connectivity index (χ1) is 10.7. The van der Waals surface area contributed by atoms with E-state index in [1.54, 1.807) is 18.4 Å². The Morgan fingerprint density at radius 1 is 1.14 bits per heavy atom. The van der Waals surface area contributed by atoms with E-state index in [0.29, 0.717) is 13.3 Å². The van der Waals surface area contributed by atoms with Crippen molar-refractivity contribution in [3.05, 3.63) is 45.6 Å². The SMILES string of the molecule is CN=C(NCc1ccc2c(c1)OCO2)NCc1ccc(C)s1. The number of nitrogens with zero attached hydrogens (tertiary/aromatic N) is 1. The number of fused-ring (bicyclic) bond motifs is 1. The molecule has 0 spiro atoms. The van der Waals surface area contributed by atoms with Gasteiger partial charge in [-0.3, -0.25) is 4.99 Å². The molecule has 5 nitrogen and oxygen atoms in total. The van der Waals surface area contributed by atoms with Crippen LogP contribution in [-0.2, 0) is 13.1 Å². The molecule has 2 N–H and O–H groups in total. The average Bonchev–Trinajstić information content (AvgIpc) is 3.15. The van der Waals surface area contributed by atoms with Crippen molar-refractivity contribution < 1.29 is 9.47 Å². The van der Waals surface area contributed by atoms with Gasteiger partial charge in [0.05, 0.1) is 6.54 Å². The van der Waals surface area contributed by atoms with Crippen molar-refractivity contribution in [1.82, 2.24) is 10.6 Å². The molecule has 2 aromatic rings. The third-order valence-corrected chi connectivity index (χ3v) is 4.35. The first-order valence-corrected chi connectivity index (χ1v) is 7.94. The summed E-state index contributed by atoms with van der Waals surface area (Å²) in [6.07, 6.45) is 0. The molecule has 6 heteroatoms. The summed E-state index contributed by atoms with van der Waals surface area (Å²) in [5.41, 5.74) is 1.12. The van der Waals surface area contributed by atoms with Crippen molar-refractivity contribution in [2.75, 3.05) is 13.8 Å². The molecule has 2 heterocycles. The second-order valence-corrected chi connectivity index (χ2v) is 6.35. The van der Waals surface area contributed by atoms with Gasteiger partial charge in [0.1, 0.15) is 0 Å². The maximum absolute atomic E-state index is 5.39. The van der Waals surface area contributed by atoms with Crippen LogP contribution in [0.2, 0.25) is 0 Å². The molecule has 0 saturated heterocycles. The fourth-order valence-corrected chi connectivity index (χ4v) is 3.04. The first kappa shape index (κ1) is 14.7. The van der Waals surface area contributed by atoms with Crippen LogP contribution < -0.4 is 20.1 Å². The molecular formula is C16H19N3O2S. The van der Waals surface area contributed by atoms with Crippen LogP contribution in [0.1, 0.15) is 15.3 Å². The molecule has 116 valence electrons. The number of aliphatic imine (C=N–C) groups is 1. The van der Waals surface area contributed by atoms with Gasteiger partial charge >= 0.3 is 0 Å². The monoisotopic (exact) mass is 317 g/mol. The van der Waals surface area contributed by atoms with Gasteiger partial charge < -0.3 is 20.1 Å². The van der Waals surface area contributed by atoms with Gasteiger partial charge in [-0.25, -0.2) is 0 Å². The van der Waals surface area contributed by atoms with Crippen LogP contribution in [0.3, 0.4) is 0 Å². The summed E-state index contributed by atoms with van der Waals surface area (Å²) in [6, 6.07) is 10.2. The van der Waals surface area contributed by atoms with Crippen molar-refractivity contribution in [2.45, 2.75) is 20.0 Å². The zero-order chi connectivity index (χ0) is 15.4. The predicted octanol–water partition coefficient (Wildman–Crippen LogP) is 2.65. The zero-order valence-electron chi connectivity index (χ0n) is 12.7. The van der Waals surface area contributed by atoms with Crippen molar-refractivity contribution in [1.29, 1.82) is 0 Å². The highest BCUT2D eigenvalue weighted by Gasteiger charge is 2.13. The van der Waals surface area contributed by atoms with Crippen LogP contribution >= 0.6 is 11.3 Å². The number of hydrogen-bond donors (Lipinski definition) is 2. The second kappa shape index (κ2) is 6.70. The Balaban J connectivity index is 1.52. The van der Waals surface area contributed by atoms with E-state index in [-0.39, 0.29) is 0 Å². The molecule has 1 aromatic carbocycles. The van der Waals surface area contributed by atoms with Gasteiger partial charge in [-0.2, -0.15) is 0 Å². The molecule has 1 aliphatic heterocycles. The van der Waals surface area contributed by atoms with Gasteiger partial charge in [-0.15, -0.1) is 11.3 Å². The highest BCUT2D eigenvalue weighted by molar-refractivity contribution is 7.11. The van der Waals surface area contributed by atoms with Gasteiger partial charge in [-0.05, 0) is 36.8 Å². The summed E-state index contributed by atoms with van der Waals surface area (Å²) in [5, 5.41) is 6.62. The molecular weight excluding hydrogens is 298 g/mol. The van der Waals surface area contributed by atoms with Crippen LogP contribution in [0.15, 0.2) is 35.3 Å². The van der Waals surface area contributed by atoms with E-state index < -0.39 is 0 Å². The van der Waals surface area contributed by atoms with E-state index in [1.807, 2.05) is 18.2 Å². The van der Waals surface area contributed by atoms with E-state index in [2.05, 4.69) is 34.7 Å². The van der Waals surface area contributed by atoms with E-state index in [9.17, 15) is 0 Å². The number of nitrogens with one attached hydrogen (secondary N) is 2. The lowest BCUT2D eigenvalue weighted by Gasteiger charge is -2.11. The standard InChI is InChI=1S/C16H19N3O2S/c1-11-3-5-13(22-11)9-19-16(17-2)18-8-12-4-6-14-15(7-12)21-10-20-14/h3-7H,8-10H2,1-2H3,(H2,17,18,19). The summed E-state index contributed by atoms with van der Waals surface area (Å²) in [5.74, 6) is 2.39. The molecule has 22 heavy (non-hydrogen) atoms. The Labute approximate surface area is 134 Å². The minimum atomic E-state index is 0.301. The van der Waals surface area contributed by atoms with Crippen molar-refractivity contribution in [3.63, 3.8) is 0 Å². The minimum absolute atomic E-state index is 0.301. The molecule has 0 unspecified atom stereocenters. The van der Waals surface area contributed by atoms with Gasteiger partial charge in [0.15, 0.2) is 17.5 Å². The normalized spacial score (nSPS) is 13.3. The summed E-state index contributed by atoms with van der Waals surface area (Å²) < 4.78 is 10.7. The Kier molecular flexibility index (Phi) is 4.48. The largest absolute Gasteiger partial charge is 0.454 e. The molecule has 1 aliphatic rings. The number of guanidine groups is 1. The maximum atomic E-state index is 5.39. The number of aryl methyl sites for hydroxylation is 1. The van der Waals surface area contributed by atoms with Crippen LogP contribution in [0, 0.1) is 6.92 Å². The lowest BCUT2D eigenvalue weighted by molar-refractivity contribution is 0.174. The van der Waals surface area contributed by atoms with Crippen LogP contribution in [0.4, 0.5) is 0 Å². The highest BCUT2D eigenvalue weighted by Crippen LogP contribution is 2.32. The minimum Gasteiger partial charge on any atom is -0.454 e.